The van der Waals surface area contributed by atoms with Crippen LogP contribution < -0.4 is 5.32 Å². The van der Waals surface area contributed by atoms with Gasteiger partial charge in [-0.15, -0.1) is 0 Å². The Hall–Kier alpha value is -1.60. The van der Waals surface area contributed by atoms with E-state index < -0.39 is 5.97 Å². The van der Waals surface area contributed by atoms with Crippen LogP contribution in [-0.4, -0.2) is 46.5 Å². The molecule has 1 heterocycles. The van der Waals surface area contributed by atoms with E-state index in [2.05, 4.69) is 10.2 Å². The number of carbonyl (C=O) groups is 2. The van der Waals surface area contributed by atoms with Gasteiger partial charge in [0.05, 0.1) is 23.6 Å². The maximum atomic E-state index is 12.1. The van der Waals surface area contributed by atoms with Crippen LogP contribution in [0.1, 0.15) is 30.1 Å². The summed E-state index contributed by atoms with van der Waals surface area (Å²) in [7, 11) is 0. The summed E-state index contributed by atoms with van der Waals surface area (Å²) in [5, 5.41) is 2.76. The monoisotopic (exact) mass is 352 g/mol. The molecule has 1 aromatic rings. The van der Waals surface area contributed by atoms with E-state index in [1.807, 2.05) is 0 Å². The second-order valence-corrected chi connectivity index (χ2v) is 6.67. The summed E-state index contributed by atoms with van der Waals surface area (Å²) in [5.74, 6) is -0.399. The summed E-state index contributed by atoms with van der Waals surface area (Å²) < 4.78 is 5.75. The van der Waals surface area contributed by atoms with Gasteiger partial charge >= 0.3 is 5.97 Å². The van der Waals surface area contributed by atoms with E-state index in [1.54, 1.807) is 31.2 Å². The molecule has 0 aromatic heterocycles. The van der Waals surface area contributed by atoms with Crippen LogP contribution in [0.2, 0.25) is 0 Å². The average Bonchev–Trinajstić information content (AvgIpc) is 3.08. The molecular weight excluding hydrogens is 332 g/mol. The van der Waals surface area contributed by atoms with E-state index in [0.29, 0.717) is 17.9 Å². The molecule has 0 saturated carbocycles. The topological polar surface area (TPSA) is 58.6 Å². The lowest BCUT2D eigenvalue weighted by Gasteiger charge is -2.17. The number of amides is 1. The van der Waals surface area contributed by atoms with Gasteiger partial charge < -0.3 is 15.0 Å². The molecule has 7 heteroatoms. The summed E-state index contributed by atoms with van der Waals surface area (Å²) in [4.78, 5) is 26.1. The number of nitrogens with zero attached hydrogens (tertiary/aromatic N) is 1. The Morgan fingerprint density at radius 3 is 2.70 bits per heavy atom. The Bertz CT molecular complexity index is 586. The molecular formula is C16H20N2O3S2. The maximum absolute atomic E-state index is 12.1. The van der Waals surface area contributed by atoms with Crippen LogP contribution in [0.3, 0.4) is 0 Å². The predicted molar refractivity (Wildman–Crippen MR) is 96.9 cm³/mol. The number of hydrogen-bond acceptors (Lipinski definition) is 5. The number of thioether (sulfide) groups is 1. The molecule has 124 valence electrons. The first-order valence-corrected chi connectivity index (χ1v) is 8.99. The van der Waals surface area contributed by atoms with Crippen LogP contribution in [-0.2, 0) is 9.53 Å². The zero-order valence-corrected chi connectivity index (χ0v) is 14.7. The lowest BCUT2D eigenvalue weighted by atomic mass is 10.2. The Balaban J connectivity index is 1.90. The Morgan fingerprint density at radius 2 is 2.00 bits per heavy atom. The van der Waals surface area contributed by atoms with E-state index in [9.17, 15) is 9.59 Å². The number of anilines is 1. The van der Waals surface area contributed by atoms with Gasteiger partial charge in [-0.2, -0.15) is 0 Å². The number of likely N-dealkylation sites (tertiary alicyclic amines) is 1. The minimum absolute atomic E-state index is 0.187. The van der Waals surface area contributed by atoms with E-state index in [0.717, 1.165) is 30.3 Å². The molecule has 1 amide bonds. The van der Waals surface area contributed by atoms with Crippen molar-refractivity contribution in [3.05, 3.63) is 29.8 Å². The number of para-hydroxylation sites is 1. The van der Waals surface area contributed by atoms with Crippen molar-refractivity contribution in [2.24, 2.45) is 0 Å². The first-order chi connectivity index (χ1) is 11.1. The molecule has 1 aliphatic rings. The molecule has 2 rings (SSSR count). The Kier molecular flexibility index (Phi) is 6.85. The van der Waals surface area contributed by atoms with Gasteiger partial charge in [-0.1, -0.05) is 36.1 Å². The van der Waals surface area contributed by atoms with Gasteiger partial charge in [-0.25, -0.2) is 4.79 Å². The summed E-state index contributed by atoms with van der Waals surface area (Å²) in [6.45, 7) is 3.98. The zero-order chi connectivity index (χ0) is 16.7. The molecule has 1 N–H and O–H groups in total. The van der Waals surface area contributed by atoms with Crippen LogP contribution in [0.4, 0.5) is 5.69 Å². The molecule has 1 saturated heterocycles. The molecule has 0 spiro atoms. The SMILES string of the molecule is CCOC(=O)c1ccccc1NC(=O)CSC(=S)N1CCCC1. The fourth-order valence-electron chi connectivity index (χ4n) is 2.28. The van der Waals surface area contributed by atoms with Gasteiger partial charge in [0.2, 0.25) is 5.91 Å². The predicted octanol–water partition coefficient (Wildman–Crippen LogP) is 2.92. The average molecular weight is 352 g/mol. The molecule has 1 fully saturated rings. The van der Waals surface area contributed by atoms with Crippen molar-refractivity contribution in [3.63, 3.8) is 0 Å². The van der Waals surface area contributed by atoms with Crippen molar-refractivity contribution in [1.29, 1.82) is 0 Å². The van der Waals surface area contributed by atoms with Crippen molar-refractivity contribution in [2.75, 3.05) is 30.8 Å². The fraction of sp³-hybridized carbons (Fsp3) is 0.438. The minimum Gasteiger partial charge on any atom is -0.462 e. The van der Waals surface area contributed by atoms with Crippen LogP contribution in [0, 0.1) is 0 Å². The lowest BCUT2D eigenvalue weighted by molar-refractivity contribution is -0.113. The largest absolute Gasteiger partial charge is 0.462 e. The highest BCUT2D eigenvalue weighted by molar-refractivity contribution is 8.23. The highest BCUT2D eigenvalue weighted by Crippen LogP contribution is 2.19. The highest BCUT2D eigenvalue weighted by Gasteiger charge is 2.17. The maximum Gasteiger partial charge on any atom is 0.340 e. The molecule has 0 aliphatic carbocycles. The van der Waals surface area contributed by atoms with Crippen molar-refractivity contribution in [2.45, 2.75) is 19.8 Å². The number of ether oxygens (including phenoxy) is 1. The van der Waals surface area contributed by atoms with Gasteiger partial charge in [0, 0.05) is 13.1 Å². The summed E-state index contributed by atoms with van der Waals surface area (Å²) in [6.07, 6.45) is 2.31. The minimum atomic E-state index is -0.441. The zero-order valence-electron chi connectivity index (χ0n) is 13.0. The van der Waals surface area contributed by atoms with Gasteiger partial charge in [0.25, 0.3) is 0 Å². The fourth-order valence-corrected chi connectivity index (χ4v) is 3.33. The van der Waals surface area contributed by atoms with E-state index in [1.165, 1.54) is 11.8 Å². The van der Waals surface area contributed by atoms with Crippen molar-refractivity contribution < 1.29 is 14.3 Å². The first kappa shape index (κ1) is 17.7. The Morgan fingerprint density at radius 1 is 1.30 bits per heavy atom. The smallest absolute Gasteiger partial charge is 0.340 e. The van der Waals surface area contributed by atoms with Gasteiger partial charge in [0.1, 0.15) is 4.32 Å². The van der Waals surface area contributed by atoms with Crippen LogP contribution >= 0.6 is 24.0 Å². The number of thiocarbonyl (C=S) groups is 1. The van der Waals surface area contributed by atoms with Gasteiger partial charge in [0.15, 0.2) is 0 Å². The van der Waals surface area contributed by atoms with Crippen molar-refractivity contribution in [1.82, 2.24) is 4.90 Å². The van der Waals surface area contributed by atoms with E-state index in [4.69, 9.17) is 17.0 Å². The number of hydrogen-bond donors (Lipinski definition) is 1. The quantitative estimate of drug-likeness (QED) is 0.649. The number of nitrogens with one attached hydrogen (secondary N) is 1. The molecule has 1 aromatic carbocycles. The third-order valence-corrected chi connectivity index (χ3v) is 4.91. The molecule has 5 nitrogen and oxygen atoms in total. The summed E-state index contributed by atoms with van der Waals surface area (Å²) in [6, 6.07) is 6.82. The number of rotatable bonds is 5. The van der Waals surface area contributed by atoms with Crippen molar-refractivity contribution >= 4 is 45.9 Å². The van der Waals surface area contributed by atoms with Crippen LogP contribution in [0.15, 0.2) is 24.3 Å². The van der Waals surface area contributed by atoms with Gasteiger partial charge in [-0.3, -0.25) is 4.79 Å². The van der Waals surface area contributed by atoms with E-state index in [-0.39, 0.29) is 11.7 Å². The molecule has 0 bridgehead atoms. The van der Waals surface area contributed by atoms with Crippen molar-refractivity contribution in [3.8, 4) is 0 Å². The van der Waals surface area contributed by atoms with E-state index >= 15 is 0 Å². The first-order valence-electron chi connectivity index (χ1n) is 7.59. The highest BCUT2D eigenvalue weighted by atomic mass is 32.2. The van der Waals surface area contributed by atoms with Crippen LogP contribution in [0.25, 0.3) is 0 Å². The molecule has 1 aliphatic heterocycles. The second kappa shape index (κ2) is 8.88. The molecule has 0 radical (unpaired) electrons. The van der Waals surface area contributed by atoms with Gasteiger partial charge in [-0.05, 0) is 31.9 Å². The normalized spacial score (nSPS) is 13.7. The van der Waals surface area contributed by atoms with Crippen LogP contribution in [0.5, 0.6) is 0 Å². The lowest BCUT2D eigenvalue weighted by Crippen LogP contribution is -2.25. The molecule has 0 atom stereocenters. The number of carbonyl (C=O) groups excluding carboxylic acids is 2. The summed E-state index contributed by atoms with van der Waals surface area (Å²) in [5.41, 5.74) is 0.818. The molecule has 0 unspecified atom stereocenters. The Labute approximate surface area is 145 Å². The standard InChI is InChI=1S/C16H20N2O3S2/c1-2-21-15(20)12-7-3-4-8-13(12)17-14(19)11-23-16(22)18-9-5-6-10-18/h3-4,7-8H,2,5-6,9-11H2,1H3,(H,17,19). The summed E-state index contributed by atoms with van der Waals surface area (Å²) >= 11 is 6.69. The number of benzene rings is 1. The second-order valence-electron chi connectivity index (χ2n) is 5.06. The number of esters is 1. The third-order valence-electron chi connectivity index (χ3n) is 3.39. The molecule has 23 heavy (non-hydrogen) atoms. The third kappa shape index (κ3) is 5.21.